The van der Waals surface area contributed by atoms with Gasteiger partial charge < -0.3 is 11.1 Å². The lowest BCUT2D eigenvalue weighted by atomic mass is 9.81. The number of hydrogen-bond acceptors (Lipinski definition) is 5. The second kappa shape index (κ2) is 8.83. The van der Waals surface area contributed by atoms with E-state index in [1.807, 2.05) is 12.3 Å². The lowest BCUT2D eigenvalue weighted by molar-refractivity contribution is 0.466. The van der Waals surface area contributed by atoms with Crippen LogP contribution in [0.1, 0.15) is 64.8 Å². The average Bonchev–Trinajstić information content (AvgIpc) is 2.59. The number of nitrogens with one attached hydrogen (secondary N) is 2. The second-order valence-electron chi connectivity index (χ2n) is 8.13. The third-order valence-corrected chi connectivity index (χ3v) is 5.72. The maximum atomic E-state index is 7.54. The molecule has 2 rings (SSSR count). The van der Waals surface area contributed by atoms with Crippen LogP contribution in [-0.4, -0.2) is 26.6 Å². The molecule has 0 radical (unpaired) electrons. The van der Waals surface area contributed by atoms with Gasteiger partial charge in [-0.2, -0.15) is 0 Å². The van der Waals surface area contributed by atoms with E-state index < -0.39 is 0 Å². The summed E-state index contributed by atoms with van der Waals surface area (Å²) in [5.74, 6) is 0.483. The van der Waals surface area contributed by atoms with Gasteiger partial charge in [0.1, 0.15) is 0 Å². The monoisotopic (exact) mass is 385 g/mol. The van der Waals surface area contributed by atoms with E-state index in [9.17, 15) is 0 Å². The molecule has 146 valence electrons. The summed E-state index contributed by atoms with van der Waals surface area (Å²) < 4.78 is 0. The normalized spacial score (nSPS) is 15.3. The van der Waals surface area contributed by atoms with Gasteiger partial charge in [-0.1, -0.05) is 46.4 Å². The molecular weight excluding hydrogens is 354 g/mol. The molecule has 0 bridgehead atoms. The molecule has 0 amide bonds. The zero-order valence-corrected chi connectivity index (χ0v) is 17.7. The maximum Gasteiger partial charge on any atom is 0.151 e. The topological polar surface area (TPSA) is 99.5 Å². The Morgan fingerprint density at radius 3 is 2.67 bits per heavy atom. The smallest absolute Gasteiger partial charge is 0.151 e. The van der Waals surface area contributed by atoms with E-state index in [1.54, 1.807) is 0 Å². The molecule has 5 nitrogen and oxygen atoms in total. The van der Waals surface area contributed by atoms with Gasteiger partial charge in [0.25, 0.3) is 0 Å². The Labute approximate surface area is 166 Å². The average molecular weight is 386 g/mol. The minimum absolute atomic E-state index is 0.154. The fourth-order valence-corrected chi connectivity index (χ4v) is 4.62. The highest BCUT2D eigenvalue weighted by Crippen LogP contribution is 2.36. The van der Waals surface area contributed by atoms with Crippen molar-refractivity contribution in [3.8, 4) is 0 Å². The van der Waals surface area contributed by atoms with E-state index >= 15 is 0 Å². The van der Waals surface area contributed by atoms with Crippen molar-refractivity contribution in [2.24, 2.45) is 11.7 Å². The van der Waals surface area contributed by atoms with Crippen molar-refractivity contribution in [1.29, 1.82) is 10.8 Å². The number of nitrogens with two attached hydrogens (primary N) is 1. The highest BCUT2D eigenvalue weighted by Gasteiger charge is 2.29. The number of rotatable bonds is 8. The third-order valence-electron chi connectivity index (χ3n) is 4.90. The number of aromatic nitrogens is 2. The van der Waals surface area contributed by atoms with Gasteiger partial charge in [-0.3, -0.25) is 15.4 Å². The van der Waals surface area contributed by atoms with Gasteiger partial charge in [-0.25, -0.2) is 0 Å². The first kappa shape index (κ1) is 21.4. The lowest BCUT2D eigenvalue weighted by Gasteiger charge is -2.29. The van der Waals surface area contributed by atoms with Crippen molar-refractivity contribution in [3.05, 3.63) is 35.8 Å². The van der Waals surface area contributed by atoms with E-state index in [0.717, 1.165) is 35.1 Å². The van der Waals surface area contributed by atoms with Gasteiger partial charge in [0.15, 0.2) is 5.17 Å². The SMILES string of the molecule is CC(C=N)CC(C)c1cc2ncccc2c(C(C)(C)CC(C)SC(=N)N)n1. The molecule has 3 atom stereocenters. The number of hydrogen-bond donors (Lipinski definition) is 3. The lowest BCUT2D eigenvalue weighted by Crippen LogP contribution is -2.26. The standard InChI is InChI=1S/C21H31N5S/c1-13(12-22)9-14(2)17-10-18-16(7-6-8-25-18)19(26-17)21(4,5)11-15(3)27-20(23)24/h6-8,10,12-15,22H,9,11H2,1-5H3,(H3,23,24). The largest absolute Gasteiger partial charge is 0.379 e. The minimum Gasteiger partial charge on any atom is -0.379 e. The quantitative estimate of drug-likeness (QED) is 0.435. The van der Waals surface area contributed by atoms with Crippen molar-refractivity contribution in [2.75, 3.05) is 0 Å². The van der Waals surface area contributed by atoms with Crippen LogP contribution in [0.3, 0.4) is 0 Å². The van der Waals surface area contributed by atoms with Crippen LogP contribution in [0, 0.1) is 16.7 Å². The van der Waals surface area contributed by atoms with Crippen LogP contribution in [0.5, 0.6) is 0 Å². The molecule has 6 heteroatoms. The van der Waals surface area contributed by atoms with Gasteiger partial charge in [0, 0.05) is 27.9 Å². The number of thioether (sulfide) groups is 1. The zero-order chi connectivity index (χ0) is 20.2. The first-order valence-electron chi connectivity index (χ1n) is 9.41. The zero-order valence-electron chi connectivity index (χ0n) is 16.9. The summed E-state index contributed by atoms with van der Waals surface area (Å²) >= 11 is 1.40. The third kappa shape index (κ3) is 5.51. The predicted molar refractivity (Wildman–Crippen MR) is 117 cm³/mol. The Kier molecular flexibility index (Phi) is 6.98. The molecule has 0 aromatic carbocycles. The Balaban J connectivity index is 2.47. The number of pyridine rings is 2. The molecule has 2 aromatic heterocycles. The molecule has 27 heavy (non-hydrogen) atoms. The van der Waals surface area contributed by atoms with E-state index in [4.69, 9.17) is 21.5 Å². The summed E-state index contributed by atoms with van der Waals surface area (Å²) in [7, 11) is 0. The van der Waals surface area contributed by atoms with E-state index in [-0.39, 0.29) is 27.7 Å². The van der Waals surface area contributed by atoms with Gasteiger partial charge in [-0.15, -0.1) is 0 Å². The number of amidine groups is 1. The molecule has 0 fully saturated rings. The van der Waals surface area contributed by atoms with Crippen LogP contribution < -0.4 is 5.73 Å². The second-order valence-corrected chi connectivity index (χ2v) is 9.61. The molecular formula is C21H31N5S. The molecule has 0 spiro atoms. The van der Waals surface area contributed by atoms with E-state index in [0.29, 0.717) is 0 Å². The number of nitrogens with zero attached hydrogens (tertiary/aromatic N) is 2. The van der Waals surface area contributed by atoms with Crippen molar-refractivity contribution in [3.63, 3.8) is 0 Å². The number of fused-ring (bicyclic) bond motifs is 1. The summed E-state index contributed by atoms with van der Waals surface area (Å²) in [6.45, 7) is 10.7. The summed E-state index contributed by atoms with van der Waals surface area (Å²) in [5, 5.41) is 16.5. The Bertz CT molecular complexity index is 817. The summed E-state index contributed by atoms with van der Waals surface area (Å²) in [6.07, 6.45) is 5.08. The van der Waals surface area contributed by atoms with Gasteiger partial charge >= 0.3 is 0 Å². The maximum absolute atomic E-state index is 7.54. The van der Waals surface area contributed by atoms with Crippen molar-refractivity contribution in [1.82, 2.24) is 9.97 Å². The van der Waals surface area contributed by atoms with E-state index in [1.165, 1.54) is 18.0 Å². The molecule has 4 N–H and O–H groups in total. The molecule has 0 aliphatic carbocycles. The van der Waals surface area contributed by atoms with Crippen LogP contribution in [-0.2, 0) is 5.41 Å². The van der Waals surface area contributed by atoms with Crippen LogP contribution >= 0.6 is 11.8 Å². The Morgan fingerprint density at radius 2 is 2.04 bits per heavy atom. The van der Waals surface area contributed by atoms with Crippen molar-refractivity contribution in [2.45, 2.75) is 64.0 Å². The van der Waals surface area contributed by atoms with Gasteiger partial charge in [-0.05, 0) is 49.1 Å². The predicted octanol–water partition coefficient (Wildman–Crippen LogP) is 5.09. The Hall–Kier alpha value is -1.95. The molecule has 0 saturated carbocycles. The van der Waals surface area contributed by atoms with Crippen molar-refractivity contribution < 1.29 is 0 Å². The highest BCUT2D eigenvalue weighted by atomic mass is 32.2. The minimum atomic E-state index is -0.175. The van der Waals surface area contributed by atoms with Crippen LogP contribution in [0.25, 0.3) is 10.9 Å². The van der Waals surface area contributed by atoms with E-state index in [2.05, 4.69) is 51.7 Å². The molecule has 2 heterocycles. The summed E-state index contributed by atoms with van der Waals surface area (Å²) in [6, 6.07) is 6.13. The van der Waals surface area contributed by atoms with Crippen LogP contribution in [0.15, 0.2) is 24.4 Å². The van der Waals surface area contributed by atoms with Gasteiger partial charge in [0.05, 0.1) is 11.2 Å². The molecule has 0 aliphatic rings. The van der Waals surface area contributed by atoms with Gasteiger partial charge in [0.2, 0.25) is 0 Å². The molecule has 3 unspecified atom stereocenters. The fraction of sp³-hybridized carbons (Fsp3) is 0.524. The molecule has 0 aliphatic heterocycles. The summed E-state index contributed by atoms with van der Waals surface area (Å²) in [4.78, 5) is 9.66. The van der Waals surface area contributed by atoms with Crippen LogP contribution in [0.4, 0.5) is 0 Å². The fourth-order valence-electron chi connectivity index (χ4n) is 3.68. The molecule has 2 aromatic rings. The first-order valence-corrected chi connectivity index (χ1v) is 10.3. The molecule has 0 saturated heterocycles. The Morgan fingerprint density at radius 1 is 1.33 bits per heavy atom. The summed E-state index contributed by atoms with van der Waals surface area (Å²) in [5.41, 5.74) is 8.44. The van der Waals surface area contributed by atoms with Crippen molar-refractivity contribution >= 4 is 34.0 Å². The highest BCUT2D eigenvalue weighted by molar-refractivity contribution is 8.14. The van der Waals surface area contributed by atoms with Crippen LogP contribution in [0.2, 0.25) is 0 Å². The first-order chi connectivity index (χ1) is 12.6.